The van der Waals surface area contributed by atoms with Crippen molar-refractivity contribution in [3.05, 3.63) is 28.4 Å². The van der Waals surface area contributed by atoms with E-state index in [0.29, 0.717) is 3.57 Å². The number of hydrogen-bond acceptors (Lipinski definition) is 8. The average Bonchev–Trinajstić information content (AvgIpc) is 3.07. The molecule has 9 nitrogen and oxygen atoms in total. The minimum Gasteiger partial charge on any atom is -0.465 e. The van der Waals surface area contributed by atoms with Crippen LogP contribution in [0.5, 0.6) is 0 Å². The fourth-order valence-corrected chi connectivity index (χ4v) is 6.62. The van der Waals surface area contributed by atoms with Crippen molar-refractivity contribution in [2.75, 3.05) is 6.61 Å². The lowest BCUT2D eigenvalue weighted by atomic mass is 9.78. The Morgan fingerprint density at radius 2 is 1.78 bits per heavy atom. The van der Waals surface area contributed by atoms with Gasteiger partial charge in [-0.2, -0.15) is 26.0 Å². The van der Waals surface area contributed by atoms with Gasteiger partial charge in [-0.05, 0) is 79.9 Å². The molecular weight excluding hydrogens is 861 g/mol. The van der Waals surface area contributed by atoms with E-state index in [1.165, 1.54) is 0 Å². The molecule has 200 valence electrons. The van der Waals surface area contributed by atoms with Crippen molar-refractivity contribution in [2.45, 2.75) is 42.6 Å². The first-order valence-electron chi connectivity index (χ1n) is 9.91. The third-order valence-electron chi connectivity index (χ3n) is 5.63. The van der Waals surface area contributed by atoms with Crippen molar-refractivity contribution in [3.8, 4) is 0 Å². The molecule has 2 bridgehead atoms. The number of rotatable bonds is 8. The summed E-state index contributed by atoms with van der Waals surface area (Å²) in [5.74, 6) is -10.3. The van der Waals surface area contributed by atoms with Gasteiger partial charge < -0.3 is 14.2 Å². The predicted octanol–water partition coefficient (Wildman–Crippen LogP) is 4.03. The Balaban J connectivity index is 1.69. The number of carbonyl (C=O) groups is 3. The maximum atomic E-state index is 13.6. The van der Waals surface area contributed by atoms with E-state index in [4.69, 9.17) is 14.0 Å². The number of fused-ring (bicyclic) bond motifs is 2. The fourth-order valence-electron chi connectivity index (χ4n) is 3.76. The third-order valence-corrected chi connectivity index (χ3v) is 10.2. The molecule has 1 aliphatic carbocycles. The molecule has 0 amide bonds. The molecule has 1 heterocycles. The van der Waals surface area contributed by atoms with Crippen LogP contribution < -0.4 is 0 Å². The molecule has 0 aromatic heterocycles. The molecule has 4 unspecified atom stereocenters. The highest BCUT2D eigenvalue weighted by molar-refractivity contribution is 14.1. The Labute approximate surface area is 242 Å². The molecule has 4 atom stereocenters. The van der Waals surface area contributed by atoms with Gasteiger partial charge in [0.15, 0.2) is 0 Å². The van der Waals surface area contributed by atoms with E-state index in [1.54, 1.807) is 6.07 Å². The number of ether oxygens (including phenoxy) is 3. The fraction of sp³-hybridized carbons (Fsp3) is 0.526. The molecule has 1 saturated carbocycles. The van der Waals surface area contributed by atoms with Crippen LogP contribution in [0.15, 0.2) is 12.1 Å². The smallest absolute Gasteiger partial charge is 0.431 e. The molecule has 2 aliphatic rings. The maximum absolute atomic E-state index is 13.6. The van der Waals surface area contributed by atoms with Crippen LogP contribution in [0.4, 0.5) is 17.6 Å². The van der Waals surface area contributed by atoms with Crippen LogP contribution in [-0.4, -0.2) is 60.9 Å². The Kier molecular flexibility index (Phi) is 9.09. The normalized spacial score (nSPS) is 24.3. The largest absolute Gasteiger partial charge is 0.465 e. The van der Waals surface area contributed by atoms with Crippen LogP contribution in [-0.2, 0) is 33.9 Å². The zero-order chi connectivity index (χ0) is 27.2. The van der Waals surface area contributed by atoms with Crippen LogP contribution in [0.3, 0.4) is 0 Å². The summed E-state index contributed by atoms with van der Waals surface area (Å²) in [6, 6.07) is 3.43. The van der Waals surface area contributed by atoms with Gasteiger partial charge in [0.25, 0.3) is 0 Å². The zero-order valence-corrected chi connectivity index (χ0v) is 24.8. The molecule has 1 aromatic carbocycles. The molecule has 1 aromatic rings. The van der Waals surface area contributed by atoms with Gasteiger partial charge in [0.2, 0.25) is 0 Å². The first kappa shape index (κ1) is 30.0. The number of carbonyl (C=O) groups excluding carboxylic acids is 3. The second kappa shape index (κ2) is 10.9. The molecule has 1 N–H and O–H groups in total. The minimum atomic E-state index is -6.43. The first-order chi connectivity index (χ1) is 16.5. The molecule has 17 heteroatoms. The lowest BCUT2D eigenvalue weighted by Crippen LogP contribution is -2.47. The average molecular weight is 876 g/mol. The van der Waals surface area contributed by atoms with Crippen molar-refractivity contribution >= 4 is 95.8 Å². The lowest BCUT2D eigenvalue weighted by molar-refractivity contribution is -0.177. The van der Waals surface area contributed by atoms with Crippen molar-refractivity contribution in [2.24, 2.45) is 11.8 Å². The van der Waals surface area contributed by atoms with Crippen LogP contribution in [0.25, 0.3) is 0 Å². The molecule has 2 fully saturated rings. The van der Waals surface area contributed by atoms with Crippen LogP contribution in [0.2, 0.25) is 0 Å². The third kappa shape index (κ3) is 6.03. The van der Waals surface area contributed by atoms with E-state index < -0.39 is 76.3 Å². The number of hydrogen-bond donors (Lipinski definition) is 1. The molecule has 1 aliphatic heterocycles. The summed E-state index contributed by atoms with van der Waals surface area (Å²) in [5.41, 5.74) is 0.250. The van der Waals surface area contributed by atoms with E-state index in [-0.39, 0.29) is 18.4 Å². The van der Waals surface area contributed by atoms with E-state index in [0.717, 1.165) is 7.14 Å². The quantitative estimate of drug-likeness (QED) is 0.103. The molecule has 0 spiro atoms. The van der Waals surface area contributed by atoms with Crippen LogP contribution in [0.1, 0.15) is 29.6 Å². The molecule has 0 radical (unpaired) electrons. The van der Waals surface area contributed by atoms with E-state index >= 15 is 0 Å². The highest BCUT2D eigenvalue weighted by atomic mass is 127. The van der Waals surface area contributed by atoms with Gasteiger partial charge in [0, 0.05) is 23.6 Å². The standard InChI is InChI=1S/C19H15F4I3O9S/c20-18(21,19(22,23)36(30,31)32)1-2-33-15(27)8-5-12(13-6-9(8)16(28)34-13)35-17(29)10-3-7(24)4-11(25)14(10)26/h3-4,8-9,12-13H,1-2,5-6H2,(H,30,31,32). The van der Waals surface area contributed by atoms with Gasteiger partial charge in [-0.1, -0.05) is 0 Å². The summed E-state index contributed by atoms with van der Waals surface area (Å²) in [5, 5.41) is -5.80. The monoisotopic (exact) mass is 876 g/mol. The van der Waals surface area contributed by atoms with Gasteiger partial charge in [-0.15, -0.1) is 0 Å². The molecule has 3 rings (SSSR count). The Morgan fingerprint density at radius 3 is 2.39 bits per heavy atom. The predicted molar refractivity (Wildman–Crippen MR) is 137 cm³/mol. The Bertz CT molecular complexity index is 1190. The second-order valence-electron chi connectivity index (χ2n) is 7.97. The second-order valence-corrected chi connectivity index (χ2v) is 12.9. The summed E-state index contributed by atoms with van der Waals surface area (Å²) < 4.78 is 101. The van der Waals surface area contributed by atoms with Crippen molar-refractivity contribution in [3.63, 3.8) is 0 Å². The summed E-state index contributed by atoms with van der Waals surface area (Å²) in [7, 11) is -6.43. The lowest BCUT2D eigenvalue weighted by Gasteiger charge is -2.30. The van der Waals surface area contributed by atoms with Gasteiger partial charge in [-0.3, -0.25) is 14.1 Å². The highest BCUT2D eigenvalue weighted by Gasteiger charge is 2.65. The van der Waals surface area contributed by atoms with E-state index in [2.05, 4.69) is 4.74 Å². The van der Waals surface area contributed by atoms with Crippen molar-refractivity contribution in [1.29, 1.82) is 0 Å². The maximum Gasteiger partial charge on any atom is 0.431 e. The SMILES string of the molecule is O=C(OC1CC(C(=O)OCCC(F)(F)C(F)(F)S(=O)(=O)O)C2CC1OC2=O)c1cc(I)cc(I)c1I. The number of alkyl halides is 4. The molecular formula is C19H15F4I3O9S. The molecule has 36 heavy (non-hydrogen) atoms. The summed E-state index contributed by atoms with van der Waals surface area (Å²) in [6.07, 6.45) is -4.09. The highest BCUT2D eigenvalue weighted by Crippen LogP contribution is 2.43. The van der Waals surface area contributed by atoms with Crippen LogP contribution in [0, 0.1) is 22.5 Å². The summed E-state index contributed by atoms with van der Waals surface area (Å²) in [4.78, 5) is 37.6. The number of halogens is 7. The van der Waals surface area contributed by atoms with E-state index in [9.17, 15) is 40.4 Å². The van der Waals surface area contributed by atoms with E-state index in [1.807, 2.05) is 73.8 Å². The zero-order valence-electron chi connectivity index (χ0n) is 17.6. The van der Waals surface area contributed by atoms with Gasteiger partial charge in [0.1, 0.15) is 12.2 Å². The minimum absolute atomic E-state index is 0.0194. The molecule has 1 saturated heterocycles. The first-order valence-corrected chi connectivity index (χ1v) is 14.6. The van der Waals surface area contributed by atoms with Crippen LogP contribution >= 0.6 is 67.8 Å². The number of benzene rings is 1. The van der Waals surface area contributed by atoms with Gasteiger partial charge >= 0.3 is 39.2 Å². The van der Waals surface area contributed by atoms with Gasteiger partial charge in [-0.25, -0.2) is 4.79 Å². The summed E-state index contributed by atoms with van der Waals surface area (Å²) in [6.45, 7) is -1.33. The topological polar surface area (TPSA) is 133 Å². The Hall–Kier alpha value is -0.550. The van der Waals surface area contributed by atoms with Crippen molar-refractivity contribution < 1.29 is 59.1 Å². The van der Waals surface area contributed by atoms with Gasteiger partial charge in [0.05, 0.1) is 30.4 Å². The summed E-state index contributed by atoms with van der Waals surface area (Å²) >= 11 is 6.02. The number of esters is 3. The Morgan fingerprint density at radius 1 is 1.14 bits per heavy atom. The van der Waals surface area contributed by atoms with Crippen molar-refractivity contribution in [1.82, 2.24) is 0 Å².